The summed E-state index contributed by atoms with van der Waals surface area (Å²) in [4.78, 5) is 0. The van der Waals surface area contributed by atoms with Gasteiger partial charge >= 0.3 is 0 Å². The second-order valence-corrected chi connectivity index (χ2v) is 1.46. The van der Waals surface area contributed by atoms with Crippen molar-refractivity contribution in [1.82, 2.24) is 0 Å². The summed E-state index contributed by atoms with van der Waals surface area (Å²) in [6, 6.07) is 0. The van der Waals surface area contributed by atoms with Crippen LogP contribution in [0.2, 0.25) is 0 Å². The van der Waals surface area contributed by atoms with Crippen LogP contribution >= 0.6 is 0 Å². The third-order valence-electron chi connectivity index (χ3n) is 0.730. The van der Waals surface area contributed by atoms with E-state index in [2.05, 4.69) is 19.6 Å². The zero-order valence-electron chi connectivity index (χ0n) is 5.30. The van der Waals surface area contributed by atoms with Crippen LogP contribution in [-0.2, 0) is 0 Å². The van der Waals surface area contributed by atoms with Gasteiger partial charge < -0.3 is 0 Å². The molecular weight excluding hydrogens is 96.1 g/mol. The van der Waals surface area contributed by atoms with Crippen LogP contribution in [0.25, 0.3) is 0 Å². The van der Waals surface area contributed by atoms with E-state index in [1.807, 2.05) is 18.2 Å². The van der Waals surface area contributed by atoms with Gasteiger partial charge in [0, 0.05) is 0 Å². The molecule has 0 spiro atoms. The first-order valence-electron chi connectivity index (χ1n) is 2.86. The van der Waals surface area contributed by atoms with Crippen molar-refractivity contribution in [3.8, 4) is 0 Å². The molecule has 0 heterocycles. The molecule has 0 saturated carbocycles. The van der Waals surface area contributed by atoms with Crippen molar-refractivity contribution < 1.29 is 0 Å². The lowest BCUT2D eigenvalue weighted by Crippen LogP contribution is -1.49. The predicted octanol–water partition coefficient (Wildman–Crippen LogP) is 2.69. The van der Waals surface area contributed by atoms with Gasteiger partial charge in [0.2, 0.25) is 0 Å². The lowest BCUT2D eigenvalue weighted by molar-refractivity contribution is 1.22. The fraction of sp³-hybridized carbons (Fsp3) is 0.250. The van der Waals surface area contributed by atoms with Gasteiger partial charge in [0.1, 0.15) is 0 Å². The van der Waals surface area contributed by atoms with Crippen molar-refractivity contribution in [3.05, 3.63) is 37.0 Å². The summed E-state index contributed by atoms with van der Waals surface area (Å²) in [5.41, 5.74) is 0. The number of hydrogen-bond acceptors (Lipinski definition) is 0. The maximum Gasteiger partial charge on any atom is -0.0376 e. The van der Waals surface area contributed by atoms with Crippen molar-refractivity contribution in [1.29, 1.82) is 0 Å². The van der Waals surface area contributed by atoms with E-state index in [1.54, 1.807) is 6.08 Å². The Labute approximate surface area is 51.2 Å². The molecule has 0 saturated heterocycles. The quantitative estimate of drug-likeness (QED) is 0.487. The fourth-order valence-electron chi connectivity index (χ4n) is 0.357. The molecule has 0 aromatic rings. The van der Waals surface area contributed by atoms with Crippen molar-refractivity contribution in [3.63, 3.8) is 0 Å². The highest BCUT2D eigenvalue weighted by molar-refractivity contribution is 5.08. The second kappa shape index (κ2) is 6.22. The summed E-state index contributed by atoms with van der Waals surface area (Å²) in [6.07, 6.45) is 10.9. The molecule has 0 fully saturated rings. The average Bonchev–Trinajstić information content (AvgIpc) is 1.81. The summed E-state index contributed by atoms with van der Waals surface area (Å²) in [7, 11) is 0. The highest BCUT2D eigenvalue weighted by atomic mass is 13.7. The van der Waals surface area contributed by atoms with E-state index >= 15 is 0 Å². The molecule has 0 aromatic carbocycles. The SMILES string of the molecule is C=C/C=C/C=CCC. The summed E-state index contributed by atoms with van der Waals surface area (Å²) >= 11 is 0. The Bertz CT molecular complexity index is 96.6. The standard InChI is InChI=1S/C8H12/c1-3-5-7-8-6-4-2/h3,5-8H,1,4H2,2H3/b7-5+,8-6?. The van der Waals surface area contributed by atoms with Crippen molar-refractivity contribution in [2.75, 3.05) is 0 Å². The molecule has 0 aliphatic heterocycles. The summed E-state index contributed by atoms with van der Waals surface area (Å²) < 4.78 is 0. The van der Waals surface area contributed by atoms with E-state index in [0.29, 0.717) is 0 Å². The minimum Gasteiger partial charge on any atom is -0.0991 e. The average molecular weight is 108 g/mol. The van der Waals surface area contributed by atoms with Gasteiger partial charge in [-0.1, -0.05) is 43.9 Å². The molecule has 0 radical (unpaired) electrons. The Morgan fingerprint density at radius 2 is 2.00 bits per heavy atom. The number of rotatable bonds is 3. The van der Waals surface area contributed by atoms with Gasteiger partial charge in [-0.25, -0.2) is 0 Å². The molecule has 0 nitrogen and oxygen atoms in total. The van der Waals surface area contributed by atoms with Crippen LogP contribution in [0, 0.1) is 0 Å². The van der Waals surface area contributed by atoms with E-state index in [4.69, 9.17) is 0 Å². The van der Waals surface area contributed by atoms with Crippen LogP contribution in [0.4, 0.5) is 0 Å². The molecule has 0 aliphatic carbocycles. The molecule has 0 aliphatic rings. The first-order valence-corrected chi connectivity index (χ1v) is 2.86. The zero-order valence-corrected chi connectivity index (χ0v) is 5.30. The highest BCUT2D eigenvalue weighted by Crippen LogP contribution is 1.80. The monoisotopic (exact) mass is 108 g/mol. The summed E-state index contributed by atoms with van der Waals surface area (Å²) in [5.74, 6) is 0. The van der Waals surface area contributed by atoms with E-state index in [9.17, 15) is 0 Å². The molecule has 44 valence electrons. The first-order chi connectivity index (χ1) is 3.91. The molecule has 0 N–H and O–H groups in total. The third kappa shape index (κ3) is 5.22. The van der Waals surface area contributed by atoms with Gasteiger partial charge in [-0.2, -0.15) is 0 Å². The largest absolute Gasteiger partial charge is 0.0991 e. The molecule has 8 heavy (non-hydrogen) atoms. The van der Waals surface area contributed by atoms with E-state index < -0.39 is 0 Å². The molecule has 0 atom stereocenters. The molecular formula is C8H12. The van der Waals surface area contributed by atoms with Crippen LogP contribution in [0.15, 0.2) is 37.0 Å². The molecule has 0 amide bonds. The summed E-state index contributed by atoms with van der Waals surface area (Å²) in [5, 5.41) is 0. The van der Waals surface area contributed by atoms with Gasteiger partial charge in [0.15, 0.2) is 0 Å². The Balaban J connectivity index is 3.26. The minimum atomic E-state index is 1.10. The van der Waals surface area contributed by atoms with Crippen molar-refractivity contribution in [2.24, 2.45) is 0 Å². The van der Waals surface area contributed by atoms with Gasteiger partial charge in [-0.05, 0) is 6.42 Å². The molecule has 0 bridgehead atoms. The van der Waals surface area contributed by atoms with Crippen LogP contribution < -0.4 is 0 Å². The topological polar surface area (TPSA) is 0 Å². The van der Waals surface area contributed by atoms with Gasteiger partial charge in [0.25, 0.3) is 0 Å². The van der Waals surface area contributed by atoms with Crippen LogP contribution in [0.1, 0.15) is 13.3 Å². The van der Waals surface area contributed by atoms with Crippen LogP contribution in [-0.4, -0.2) is 0 Å². The van der Waals surface area contributed by atoms with Crippen molar-refractivity contribution >= 4 is 0 Å². The molecule has 0 aromatic heterocycles. The zero-order chi connectivity index (χ0) is 6.24. The molecule has 0 rings (SSSR count). The van der Waals surface area contributed by atoms with E-state index in [1.165, 1.54) is 0 Å². The normalized spacial score (nSPS) is 11.1. The maximum absolute atomic E-state index is 3.54. The third-order valence-corrected chi connectivity index (χ3v) is 0.730. The second-order valence-electron chi connectivity index (χ2n) is 1.46. The van der Waals surface area contributed by atoms with Crippen LogP contribution in [0.5, 0.6) is 0 Å². The smallest absolute Gasteiger partial charge is 0.0376 e. The predicted molar refractivity (Wildman–Crippen MR) is 38.8 cm³/mol. The number of allylic oxidation sites excluding steroid dienone is 5. The Kier molecular flexibility index (Phi) is 5.61. The van der Waals surface area contributed by atoms with Crippen LogP contribution in [0.3, 0.4) is 0 Å². The Hall–Kier alpha value is -0.780. The Morgan fingerprint density at radius 1 is 1.25 bits per heavy atom. The fourth-order valence-corrected chi connectivity index (χ4v) is 0.357. The first kappa shape index (κ1) is 7.22. The summed E-state index contributed by atoms with van der Waals surface area (Å²) in [6.45, 7) is 5.65. The van der Waals surface area contributed by atoms with Gasteiger partial charge in [-0.3, -0.25) is 0 Å². The van der Waals surface area contributed by atoms with Gasteiger partial charge in [0.05, 0.1) is 0 Å². The minimum absolute atomic E-state index is 1.10. The lowest BCUT2D eigenvalue weighted by atomic mass is 10.4. The van der Waals surface area contributed by atoms with E-state index in [0.717, 1.165) is 6.42 Å². The Morgan fingerprint density at radius 3 is 2.50 bits per heavy atom. The van der Waals surface area contributed by atoms with Gasteiger partial charge in [-0.15, -0.1) is 0 Å². The van der Waals surface area contributed by atoms with E-state index in [-0.39, 0.29) is 0 Å². The lowest BCUT2D eigenvalue weighted by Gasteiger charge is -1.71. The molecule has 0 heteroatoms. The maximum atomic E-state index is 3.54. The number of hydrogen-bond donors (Lipinski definition) is 0. The van der Waals surface area contributed by atoms with Crippen molar-refractivity contribution in [2.45, 2.75) is 13.3 Å². The highest BCUT2D eigenvalue weighted by Gasteiger charge is 1.59. The molecule has 0 unspecified atom stereocenters.